The fourth-order valence-electron chi connectivity index (χ4n) is 2.02. The zero-order chi connectivity index (χ0) is 17.2. The van der Waals surface area contributed by atoms with E-state index in [9.17, 15) is 14.7 Å². The fourth-order valence-corrected chi connectivity index (χ4v) is 2.02. The number of aliphatic hydroxyl groups is 1. The Morgan fingerprint density at radius 2 is 1.91 bits per heavy atom. The third-order valence-corrected chi connectivity index (χ3v) is 3.34. The monoisotopic (exact) mass is 323 g/mol. The highest BCUT2D eigenvalue weighted by Gasteiger charge is 2.17. The number of hydrogen-bond donors (Lipinski definition) is 1. The van der Waals surface area contributed by atoms with E-state index in [-0.39, 0.29) is 32.0 Å². The van der Waals surface area contributed by atoms with Crippen molar-refractivity contribution in [1.29, 1.82) is 0 Å². The van der Waals surface area contributed by atoms with Gasteiger partial charge in [0.2, 0.25) is 0 Å². The summed E-state index contributed by atoms with van der Waals surface area (Å²) in [5.41, 5.74) is 1.19. The van der Waals surface area contributed by atoms with Crippen molar-refractivity contribution < 1.29 is 24.2 Å². The van der Waals surface area contributed by atoms with Crippen molar-refractivity contribution in [3.05, 3.63) is 29.8 Å². The molecule has 0 heterocycles. The van der Waals surface area contributed by atoms with Crippen LogP contribution in [0.2, 0.25) is 0 Å². The Hall–Kier alpha value is -2.08. The molecule has 0 saturated heterocycles. The van der Waals surface area contributed by atoms with E-state index in [1.807, 2.05) is 24.3 Å². The number of carbonyl (C=O) groups excluding carboxylic acids is 2. The molecule has 6 nitrogen and oxygen atoms in total. The highest BCUT2D eigenvalue weighted by Crippen LogP contribution is 2.12. The van der Waals surface area contributed by atoms with E-state index in [0.717, 1.165) is 6.42 Å². The van der Waals surface area contributed by atoms with Crippen LogP contribution in [0.1, 0.15) is 25.8 Å². The van der Waals surface area contributed by atoms with Gasteiger partial charge in [-0.25, -0.2) is 0 Å². The second-order valence-corrected chi connectivity index (χ2v) is 5.30. The number of amides is 1. The maximum atomic E-state index is 12.2. The Kier molecular flexibility index (Phi) is 8.11. The summed E-state index contributed by atoms with van der Waals surface area (Å²) < 4.78 is 10.0. The van der Waals surface area contributed by atoms with Crippen LogP contribution in [0.25, 0.3) is 0 Å². The van der Waals surface area contributed by atoms with Gasteiger partial charge < -0.3 is 19.5 Å². The molecule has 0 bridgehead atoms. The van der Waals surface area contributed by atoms with Gasteiger partial charge in [-0.05, 0) is 31.0 Å². The first kappa shape index (κ1) is 19.0. The first-order valence-corrected chi connectivity index (χ1v) is 7.70. The lowest BCUT2D eigenvalue weighted by Crippen LogP contribution is -2.40. The maximum absolute atomic E-state index is 12.2. The topological polar surface area (TPSA) is 76.1 Å². The maximum Gasteiger partial charge on any atom is 0.307 e. The third-order valence-electron chi connectivity index (χ3n) is 3.34. The molecule has 1 rings (SSSR count). The molecule has 0 aliphatic heterocycles. The number of nitrogens with zero attached hydrogens (tertiary/aromatic N) is 1. The van der Waals surface area contributed by atoms with Crippen molar-refractivity contribution in [2.45, 2.75) is 32.8 Å². The Balaban J connectivity index is 2.55. The number of rotatable bonds is 9. The summed E-state index contributed by atoms with van der Waals surface area (Å²) in [6, 6.07) is 7.54. The van der Waals surface area contributed by atoms with Crippen LogP contribution in [0.15, 0.2) is 24.3 Å². The Morgan fingerprint density at radius 3 is 2.43 bits per heavy atom. The van der Waals surface area contributed by atoms with Gasteiger partial charge in [0, 0.05) is 13.1 Å². The zero-order valence-electron chi connectivity index (χ0n) is 13.9. The standard InChI is InChI=1S/C17H25NO5/c1-4-14-5-7-15(8-6-14)23-12-16(20)18(11-13(2)19)10-9-17(21)22-3/h5-8,13,19H,4,9-12H2,1-3H3. The average molecular weight is 323 g/mol. The van der Waals surface area contributed by atoms with Crippen molar-refractivity contribution in [2.75, 3.05) is 26.8 Å². The zero-order valence-corrected chi connectivity index (χ0v) is 13.9. The second-order valence-electron chi connectivity index (χ2n) is 5.30. The molecule has 0 radical (unpaired) electrons. The highest BCUT2D eigenvalue weighted by atomic mass is 16.5. The summed E-state index contributed by atoms with van der Waals surface area (Å²) in [5, 5.41) is 9.49. The molecule has 0 saturated carbocycles. The van der Waals surface area contributed by atoms with E-state index in [0.29, 0.717) is 5.75 Å². The van der Waals surface area contributed by atoms with E-state index in [4.69, 9.17) is 4.74 Å². The molecule has 0 spiro atoms. The molecule has 0 aromatic heterocycles. The summed E-state index contributed by atoms with van der Waals surface area (Å²) >= 11 is 0. The molecule has 0 aliphatic carbocycles. The molecular formula is C17H25NO5. The Bertz CT molecular complexity index is 498. The highest BCUT2D eigenvalue weighted by molar-refractivity contribution is 5.78. The predicted octanol–water partition coefficient (Wildman–Crippen LogP) is 1.40. The van der Waals surface area contributed by atoms with Gasteiger partial charge in [0.1, 0.15) is 5.75 Å². The van der Waals surface area contributed by atoms with Crippen LogP contribution in [-0.2, 0) is 20.7 Å². The Morgan fingerprint density at radius 1 is 1.26 bits per heavy atom. The van der Waals surface area contributed by atoms with Gasteiger partial charge in [-0.1, -0.05) is 19.1 Å². The van der Waals surface area contributed by atoms with E-state index in [1.54, 1.807) is 6.92 Å². The van der Waals surface area contributed by atoms with Crippen LogP contribution in [0.4, 0.5) is 0 Å². The lowest BCUT2D eigenvalue weighted by molar-refractivity contribution is -0.142. The number of aliphatic hydroxyl groups excluding tert-OH is 1. The van der Waals surface area contributed by atoms with E-state index >= 15 is 0 Å². The number of carbonyl (C=O) groups is 2. The van der Waals surface area contributed by atoms with Gasteiger partial charge >= 0.3 is 5.97 Å². The largest absolute Gasteiger partial charge is 0.484 e. The molecule has 1 aromatic rings. The number of ether oxygens (including phenoxy) is 2. The smallest absolute Gasteiger partial charge is 0.307 e. The summed E-state index contributed by atoms with van der Waals surface area (Å²) in [6.07, 6.45) is 0.343. The predicted molar refractivity (Wildman–Crippen MR) is 86.2 cm³/mol. The number of esters is 1. The molecule has 6 heteroatoms. The molecule has 23 heavy (non-hydrogen) atoms. The van der Waals surface area contributed by atoms with Crippen LogP contribution in [0.3, 0.4) is 0 Å². The van der Waals surface area contributed by atoms with Crippen LogP contribution < -0.4 is 4.74 Å². The summed E-state index contributed by atoms with van der Waals surface area (Å²) in [5.74, 6) is -0.0700. The minimum atomic E-state index is -0.680. The first-order chi connectivity index (χ1) is 11.0. The van der Waals surface area contributed by atoms with Gasteiger partial charge in [0.25, 0.3) is 5.91 Å². The molecule has 1 aromatic carbocycles. The minimum absolute atomic E-state index is 0.0835. The SMILES string of the molecule is CCc1ccc(OCC(=O)N(CCC(=O)OC)CC(C)O)cc1. The number of methoxy groups -OCH3 is 1. The lowest BCUT2D eigenvalue weighted by Gasteiger charge is -2.23. The summed E-state index contributed by atoms with van der Waals surface area (Å²) in [6.45, 7) is 3.85. The molecule has 1 atom stereocenters. The Labute approximate surface area is 137 Å². The fraction of sp³-hybridized carbons (Fsp3) is 0.529. The van der Waals surface area contributed by atoms with Gasteiger partial charge in [-0.3, -0.25) is 9.59 Å². The van der Waals surface area contributed by atoms with E-state index < -0.39 is 12.1 Å². The van der Waals surface area contributed by atoms with Crippen molar-refractivity contribution in [1.82, 2.24) is 4.90 Å². The lowest BCUT2D eigenvalue weighted by atomic mass is 10.2. The number of hydrogen-bond acceptors (Lipinski definition) is 5. The van der Waals surface area contributed by atoms with Gasteiger partial charge in [-0.2, -0.15) is 0 Å². The minimum Gasteiger partial charge on any atom is -0.484 e. The normalized spacial score (nSPS) is 11.7. The summed E-state index contributed by atoms with van der Waals surface area (Å²) in [7, 11) is 1.30. The summed E-state index contributed by atoms with van der Waals surface area (Å²) in [4.78, 5) is 24.8. The van der Waals surface area contributed by atoms with Crippen LogP contribution in [0.5, 0.6) is 5.75 Å². The van der Waals surface area contributed by atoms with Gasteiger partial charge in [-0.15, -0.1) is 0 Å². The molecule has 128 valence electrons. The van der Waals surface area contributed by atoms with Gasteiger partial charge in [0.05, 0.1) is 19.6 Å². The number of aryl methyl sites for hydroxylation is 1. The van der Waals surface area contributed by atoms with Gasteiger partial charge in [0.15, 0.2) is 6.61 Å². The van der Waals surface area contributed by atoms with Crippen molar-refractivity contribution in [2.24, 2.45) is 0 Å². The molecule has 1 N–H and O–H groups in total. The quantitative estimate of drug-likeness (QED) is 0.695. The molecule has 0 fully saturated rings. The van der Waals surface area contributed by atoms with Crippen LogP contribution in [-0.4, -0.2) is 54.8 Å². The van der Waals surface area contributed by atoms with Crippen LogP contribution in [0, 0.1) is 0 Å². The van der Waals surface area contributed by atoms with Crippen molar-refractivity contribution in [3.8, 4) is 5.75 Å². The first-order valence-electron chi connectivity index (χ1n) is 7.70. The third kappa shape index (κ3) is 7.15. The average Bonchev–Trinajstić information content (AvgIpc) is 2.56. The van der Waals surface area contributed by atoms with E-state index in [1.165, 1.54) is 17.6 Å². The second kappa shape index (κ2) is 9.84. The van der Waals surface area contributed by atoms with Crippen LogP contribution >= 0.6 is 0 Å². The molecule has 1 amide bonds. The molecule has 1 unspecified atom stereocenters. The van der Waals surface area contributed by atoms with Crippen molar-refractivity contribution in [3.63, 3.8) is 0 Å². The van der Waals surface area contributed by atoms with E-state index in [2.05, 4.69) is 11.7 Å². The molecular weight excluding hydrogens is 298 g/mol. The molecule has 0 aliphatic rings. The number of benzene rings is 1. The van der Waals surface area contributed by atoms with Crippen molar-refractivity contribution >= 4 is 11.9 Å².